The van der Waals surface area contributed by atoms with Gasteiger partial charge in [-0.15, -0.1) is 11.3 Å². The summed E-state index contributed by atoms with van der Waals surface area (Å²) in [4.78, 5) is 16.3. The number of nitrogens with zero attached hydrogens (tertiary/aromatic N) is 1. The fourth-order valence-electron chi connectivity index (χ4n) is 4.26. The first-order chi connectivity index (χ1) is 14.9. The monoisotopic (exact) mass is 438 g/mol. The SMILES string of the molecule is COc1ccc2c(c1OC)CCN(CCC(C)(N)CCc1cc3ccccc3s1)C2=O. The third-order valence-corrected chi connectivity index (χ3v) is 7.35. The highest BCUT2D eigenvalue weighted by atomic mass is 32.1. The van der Waals surface area contributed by atoms with E-state index in [1.165, 1.54) is 15.0 Å². The topological polar surface area (TPSA) is 64.8 Å². The number of hydrogen-bond acceptors (Lipinski definition) is 5. The van der Waals surface area contributed by atoms with Crippen molar-refractivity contribution in [3.05, 3.63) is 58.5 Å². The van der Waals surface area contributed by atoms with E-state index >= 15 is 0 Å². The van der Waals surface area contributed by atoms with Crippen molar-refractivity contribution in [2.24, 2.45) is 5.73 Å². The van der Waals surface area contributed by atoms with Crippen LogP contribution in [-0.2, 0) is 12.8 Å². The average Bonchev–Trinajstić information content (AvgIpc) is 3.20. The second kappa shape index (κ2) is 8.89. The molecule has 0 spiro atoms. The summed E-state index contributed by atoms with van der Waals surface area (Å²) >= 11 is 1.84. The van der Waals surface area contributed by atoms with Gasteiger partial charge in [-0.05, 0) is 62.3 Å². The first-order valence-corrected chi connectivity index (χ1v) is 11.5. The zero-order valence-electron chi connectivity index (χ0n) is 18.4. The van der Waals surface area contributed by atoms with Crippen molar-refractivity contribution in [1.82, 2.24) is 4.90 Å². The minimum absolute atomic E-state index is 0.0440. The second-order valence-corrected chi connectivity index (χ2v) is 9.69. The van der Waals surface area contributed by atoms with Gasteiger partial charge in [0.05, 0.1) is 14.2 Å². The summed E-state index contributed by atoms with van der Waals surface area (Å²) in [7, 11) is 3.23. The number of hydrogen-bond donors (Lipinski definition) is 1. The van der Waals surface area contributed by atoms with Crippen LogP contribution in [0.1, 0.15) is 40.6 Å². The molecule has 0 saturated heterocycles. The Morgan fingerprint density at radius 2 is 1.94 bits per heavy atom. The van der Waals surface area contributed by atoms with Gasteiger partial charge in [0.2, 0.25) is 0 Å². The fourth-order valence-corrected chi connectivity index (χ4v) is 5.32. The molecule has 1 amide bonds. The molecule has 0 bridgehead atoms. The number of thiophene rings is 1. The minimum Gasteiger partial charge on any atom is -0.493 e. The van der Waals surface area contributed by atoms with Crippen molar-refractivity contribution in [3.8, 4) is 11.5 Å². The molecule has 0 radical (unpaired) electrons. The van der Waals surface area contributed by atoms with Gasteiger partial charge >= 0.3 is 0 Å². The van der Waals surface area contributed by atoms with Crippen LogP contribution in [0.3, 0.4) is 0 Å². The molecule has 3 aromatic rings. The first-order valence-electron chi connectivity index (χ1n) is 10.7. The lowest BCUT2D eigenvalue weighted by Gasteiger charge is -2.33. The van der Waals surface area contributed by atoms with Crippen molar-refractivity contribution in [2.75, 3.05) is 27.3 Å². The molecule has 2 heterocycles. The molecule has 4 rings (SSSR count). The number of ether oxygens (including phenoxy) is 2. The van der Waals surface area contributed by atoms with Crippen molar-refractivity contribution in [1.29, 1.82) is 0 Å². The summed E-state index contributed by atoms with van der Waals surface area (Å²) in [6, 6.07) is 14.4. The number of nitrogens with two attached hydrogens (primary N) is 1. The average molecular weight is 439 g/mol. The third-order valence-electron chi connectivity index (χ3n) is 6.17. The molecule has 5 nitrogen and oxygen atoms in total. The Morgan fingerprint density at radius 1 is 1.13 bits per heavy atom. The van der Waals surface area contributed by atoms with Crippen molar-refractivity contribution < 1.29 is 14.3 Å². The zero-order chi connectivity index (χ0) is 22.0. The van der Waals surface area contributed by atoms with Crippen molar-refractivity contribution in [2.45, 2.75) is 38.1 Å². The standard InChI is InChI=1S/C25H30N2O3S/c1-25(26,12-10-18-16-17-6-4-5-7-22(17)31-18)13-15-27-14-11-19-20(24(27)28)8-9-21(29-2)23(19)30-3/h4-9,16H,10-15,26H2,1-3H3. The molecule has 2 N–H and O–H groups in total. The van der Waals surface area contributed by atoms with Gasteiger partial charge in [-0.1, -0.05) is 18.2 Å². The van der Waals surface area contributed by atoms with Crippen LogP contribution in [-0.4, -0.2) is 43.7 Å². The summed E-state index contributed by atoms with van der Waals surface area (Å²) in [6.45, 7) is 3.42. The van der Waals surface area contributed by atoms with Gasteiger partial charge in [0, 0.05) is 39.3 Å². The number of carbonyl (C=O) groups is 1. The van der Waals surface area contributed by atoms with E-state index in [9.17, 15) is 4.79 Å². The Balaban J connectivity index is 1.37. The predicted octanol–water partition coefficient (Wildman–Crippen LogP) is 4.66. The molecule has 6 heteroatoms. The third kappa shape index (κ3) is 4.55. The molecule has 31 heavy (non-hydrogen) atoms. The second-order valence-electron chi connectivity index (χ2n) is 8.52. The maximum absolute atomic E-state index is 13.1. The number of benzene rings is 2. The van der Waals surface area contributed by atoms with E-state index in [0.29, 0.717) is 30.2 Å². The summed E-state index contributed by atoms with van der Waals surface area (Å²) in [5.41, 5.74) is 7.94. The van der Waals surface area contributed by atoms with E-state index in [-0.39, 0.29) is 11.4 Å². The number of rotatable bonds is 8. The molecule has 2 aromatic carbocycles. The molecular weight excluding hydrogens is 408 g/mol. The molecule has 0 aliphatic carbocycles. The summed E-state index contributed by atoms with van der Waals surface area (Å²) in [6.07, 6.45) is 3.38. The van der Waals surface area contributed by atoms with Gasteiger partial charge in [0.15, 0.2) is 11.5 Å². The van der Waals surface area contributed by atoms with Gasteiger partial charge in [0.25, 0.3) is 5.91 Å². The number of carbonyl (C=O) groups excluding carboxylic acids is 1. The predicted molar refractivity (Wildman–Crippen MR) is 127 cm³/mol. The van der Waals surface area contributed by atoms with Crippen LogP contribution >= 0.6 is 11.3 Å². The maximum Gasteiger partial charge on any atom is 0.254 e. The molecular formula is C25H30N2O3S. The normalized spacial score (nSPS) is 15.6. The number of amides is 1. The van der Waals surface area contributed by atoms with E-state index in [1.807, 2.05) is 22.3 Å². The Kier molecular flexibility index (Phi) is 6.21. The van der Waals surface area contributed by atoms with Crippen LogP contribution in [0.15, 0.2) is 42.5 Å². The highest BCUT2D eigenvalue weighted by Crippen LogP contribution is 2.36. The van der Waals surface area contributed by atoms with E-state index in [1.54, 1.807) is 20.3 Å². The minimum atomic E-state index is -0.325. The van der Waals surface area contributed by atoms with Gasteiger partial charge in [0.1, 0.15) is 0 Å². The first kappa shape index (κ1) is 21.7. The fraction of sp³-hybridized carbons (Fsp3) is 0.400. The van der Waals surface area contributed by atoms with Crippen LogP contribution in [0.25, 0.3) is 10.1 Å². The molecule has 1 aromatic heterocycles. The van der Waals surface area contributed by atoms with E-state index in [4.69, 9.17) is 15.2 Å². The maximum atomic E-state index is 13.1. The Labute approximate surface area is 187 Å². The molecule has 1 aliphatic rings. The summed E-state index contributed by atoms with van der Waals surface area (Å²) < 4.78 is 12.2. The van der Waals surface area contributed by atoms with Crippen molar-refractivity contribution in [3.63, 3.8) is 0 Å². The number of fused-ring (bicyclic) bond motifs is 2. The Bertz CT molecular complexity index is 1060. The van der Waals surface area contributed by atoms with E-state index in [2.05, 4.69) is 37.3 Å². The lowest BCUT2D eigenvalue weighted by molar-refractivity contribution is 0.0725. The van der Waals surface area contributed by atoms with Crippen molar-refractivity contribution >= 4 is 27.3 Å². The van der Waals surface area contributed by atoms with Crippen LogP contribution in [0.5, 0.6) is 11.5 Å². The van der Waals surface area contributed by atoms with Crippen LogP contribution in [0.2, 0.25) is 0 Å². The van der Waals surface area contributed by atoms with Gasteiger partial charge in [-0.25, -0.2) is 0 Å². The summed E-state index contributed by atoms with van der Waals surface area (Å²) in [5, 5.41) is 1.30. The molecule has 0 fully saturated rings. The highest BCUT2D eigenvalue weighted by Gasteiger charge is 2.30. The van der Waals surface area contributed by atoms with E-state index in [0.717, 1.165) is 31.2 Å². The quantitative estimate of drug-likeness (QED) is 0.556. The van der Waals surface area contributed by atoms with Gasteiger partial charge in [-0.3, -0.25) is 4.79 Å². The lowest BCUT2D eigenvalue weighted by Crippen LogP contribution is -2.44. The summed E-state index contributed by atoms with van der Waals surface area (Å²) in [5.74, 6) is 1.38. The van der Waals surface area contributed by atoms with Crippen LogP contribution in [0, 0.1) is 0 Å². The smallest absolute Gasteiger partial charge is 0.254 e. The van der Waals surface area contributed by atoms with Gasteiger partial charge < -0.3 is 20.1 Å². The molecule has 164 valence electrons. The Hall–Kier alpha value is -2.57. The molecule has 1 unspecified atom stereocenters. The van der Waals surface area contributed by atoms with Crippen LogP contribution < -0.4 is 15.2 Å². The van der Waals surface area contributed by atoms with Crippen LogP contribution in [0.4, 0.5) is 0 Å². The largest absolute Gasteiger partial charge is 0.493 e. The van der Waals surface area contributed by atoms with Gasteiger partial charge in [-0.2, -0.15) is 0 Å². The molecule has 1 aliphatic heterocycles. The number of methoxy groups -OCH3 is 2. The lowest BCUT2D eigenvalue weighted by atomic mass is 9.91. The molecule has 1 atom stereocenters. The number of aryl methyl sites for hydroxylation is 1. The zero-order valence-corrected chi connectivity index (χ0v) is 19.3. The highest BCUT2D eigenvalue weighted by molar-refractivity contribution is 7.19. The van der Waals surface area contributed by atoms with E-state index < -0.39 is 0 Å². The Morgan fingerprint density at radius 3 is 2.68 bits per heavy atom. The molecule has 0 saturated carbocycles.